The van der Waals surface area contributed by atoms with Crippen LogP contribution >= 0.6 is 11.6 Å². The highest BCUT2D eigenvalue weighted by molar-refractivity contribution is 6.18. The minimum Gasteiger partial charge on any atom is -0.463 e. The molecule has 0 saturated carbocycles. The highest BCUT2D eigenvalue weighted by Crippen LogP contribution is 2.01. The number of unbranched alkanes of at least 4 members (excludes halogenated alkanes) is 3. The van der Waals surface area contributed by atoms with Gasteiger partial charge in [0.05, 0.1) is 25.2 Å². The number of halogens is 1. The van der Waals surface area contributed by atoms with Crippen molar-refractivity contribution in [3.63, 3.8) is 0 Å². The van der Waals surface area contributed by atoms with Gasteiger partial charge in [0.25, 0.3) is 0 Å². The fourth-order valence-electron chi connectivity index (χ4n) is 1.16. The van der Waals surface area contributed by atoms with Gasteiger partial charge < -0.3 is 14.6 Å². The molecule has 0 radical (unpaired) electrons. The molecule has 5 heteroatoms. The Labute approximate surface area is 108 Å². The van der Waals surface area contributed by atoms with Crippen molar-refractivity contribution >= 4 is 17.6 Å². The Hall–Kier alpha value is -0.580. The van der Waals surface area contributed by atoms with Gasteiger partial charge in [-0.15, -0.1) is 11.6 Å². The van der Waals surface area contributed by atoms with Crippen LogP contribution in [0.2, 0.25) is 0 Å². The van der Waals surface area contributed by atoms with Crippen LogP contribution in [-0.4, -0.2) is 42.9 Å². The van der Waals surface area contributed by atoms with Crippen molar-refractivity contribution in [2.75, 3.05) is 25.7 Å². The van der Waals surface area contributed by atoms with Crippen molar-refractivity contribution < 1.29 is 19.4 Å². The van der Waals surface area contributed by atoms with Crippen LogP contribution in [0.15, 0.2) is 12.7 Å². The Bertz CT molecular complexity index is 209. The summed E-state index contributed by atoms with van der Waals surface area (Å²) in [5.41, 5.74) is 0. The molecule has 0 aliphatic carbocycles. The van der Waals surface area contributed by atoms with Crippen LogP contribution in [0.25, 0.3) is 0 Å². The molecule has 0 rings (SSSR count). The Kier molecular flexibility index (Phi) is 11.5. The zero-order chi connectivity index (χ0) is 12.9. The van der Waals surface area contributed by atoms with E-state index in [1.54, 1.807) is 0 Å². The first-order valence-corrected chi connectivity index (χ1v) is 6.35. The molecule has 0 amide bonds. The predicted molar refractivity (Wildman–Crippen MR) is 67.2 cm³/mol. The number of ether oxygens (including phenoxy) is 2. The topological polar surface area (TPSA) is 55.8 Å². The van der Waals surface area contributed by atoms with Crippen molar-refractivity contribution in [2.45, 2.75) is 31.8 Å². The Morgan fingerprint density at radius 1 is 1.29 bits per heavy atom. The van der Waals surface area contributed by atoms with Crippen LogP contribution in [0.4, 0.5) is 0 Å². The van der Waals surface area contributed by atoms with Crippen LogP contribution in [0.1, 0.15) is 25.7 Å². The normalized spacial score (nSPS) is 12.1. The summed E-state index contributed by atoms with van der Waals surface area (Å²) in [6, 6.07) is 0. The maximum atomic E-state index is 10.7. The van der Waals surface area contributed by atoms with E-state index < -0.39 is 6.10 Å². The smallest absolute Gasteiger partial charge is 0.330 e. The molecule has 0 heterocycles. The second-order valence-electron chi connectivity index (χ2n) is 3.67. The fraction of sp³-hybridized carbons (Fsp3) is 0.750. The second kappa shape index (κ2) is 11.9. The molecule has 1 unspecified atom stereocenters. The molecule has 1 atom stereocenters. The molecule has 1 N–H and O–H groups in total. The molecule has 4 nitrogen and oxygen atoms in total. The number of hydrogen-bond acceptors (Lipinski definition) is 4. The van der Waals surface area contributed by atoms with E-state index in [-0.39, 0.29) is 11.8 Å². The molecule has 100 valence electrons. The van der Waals surface area contributed by atoms with Gasteiger partial charge in [0.2, 0.25) is 0 Å². The summed E-state index contributed by atoms with van der Waals surface area (Å²) in [6.45, 7) is 4.67. The van der Waals surface area contributed by atoms with Gasteiger partial charge in [0.15, 0.2) is 0 Å². The van der Waals surface area contributed by atoms with E-state index >= 15 is 0 Å². The molecule has 0 aromatic carbocycles. The number of aliphatic hydroxyl groups is 1. The van der Waals surface area contributed by atoms with Gasteiger partial charge in [-0.05, 0) is 19.3 Å². The van der Waals surface area contributed by atoms with E-state index in [9.17, 15) is 4.79 Å². The minimum absolute atomic E-state index is 0.203. The van der Waals surface area contributed by atoms with Gasteiger partial charge in [0.1, 0.15) is 0 Å². The average molecular weight is 265 g/mol. The molecule has 0 aliphatic heterocycles. The SMILES string of the molecule is C=CC(=O)OCCCCCCOCC(O)CCl. The van der Waals surface area contributed by atoms with Gasteiger partial charge >= 0.3 is 5.97 Å². The number of rotatable bonds is 11. The Morgan fingerprint density at radius 3 is 2.53 bits per heavy atom. The molecule has 0 bridgehead atoms. The van der Waals surface area contributed by atoms with Crippen LogP contribution in [0, 0.1) is 0 Å². The molecule has 0 aromatic heterocycles. The minimum atomic E-state index is -0.574. The molecule has 0 fully saturated rings. The average Bonchev–Trinajstić information content (AvgIpc) is 2.35. The summed E-state index contributed by atoms with van der Waals surface area (Å²) in [5.74, 6) is -0.169. The summed E-state index contributed by atoms with van der Waals surface area (Å²) in [7, 11) is 0. The molecule has 0 aromatic rings. The summed E-state index contributed by atoms with van der Waals surface area (Å²) >= 11 is 5.41. The number of carbonyl (C=O) groups is 1. The molecule has 0 aliphatic rings. The Balaban J connectivity index is 3.08. The Morgan fingerprint density at radius 2 is 1.94 bits per heavy atom. The van der Waals surface area contributed by atoms with Gasteiger partial charge in [0, 0.05) is 12.7 Å². The highest BCUT2D eigenvalue weighted by atomic mass is 35.5. The zero-order valence-electron chi connectivity index (χ0n) is 10.1. The number of alkyl halides is 1. The lowest BCUT2D eigenvalue weighted by Gasteiger charge is -2.07. The zero-order valence-corrected chi connectivity index (χ0v) is 10.8. The highest BCUT2D eigenvalue weighted by Gasteiger charge is 2.00. The van der Waals surface area contributed by atoms with E-state index in [1.165, 1.54) is 0 Å². The van der Waals surface area contributed by atoms with Gasteiger partial charge in [-0.2, -0.15) is 0 Å². The molecule has 0 saturated heterocycles. The van der Waals surface area contributed by atoms with Crippen LogP contribution in [0.5, 0.6) is 0 Å². The first-order valence-electron chi connectivity index (χ1n) is 5.81. The maximum Gasteiger partial charge on any atom is 0.330 e. The van der Waals surface area contributed by atoms with Crippen molar-refractivity contribution in [1.82, 2.24) is 0 Å². The third kappa shape index (κ3) is 11.7. The third-order valence-corrected chi connectivity index (χ3v) is 2.44. The lowest BCUT2D eigenvalue weighted by Crippen LogP contribution is -2.17. The van der Waals surface area contributed by atoms with Crippen LogP contribution in [0.3, 0.4) is 0 Å². The van der Waals surface area contributed by atoms with Crippen LogP contribution in [-0.2, 0) is 14.3 Å². The lowest BCUT2D eigenvalue weighted by atomic mass is 10.2. The molecule has 0 spiro atoms. The van der Waals surface area contributed by atoms with Gasteiger partial charge in [-0.25, -0.2) is 4.79 Å². The number of carbonyl (C=O) groups excluding carboxylic acids is 1. The van der Waals surface area contributed by atoms with Crippen molar-refractivity contribution in [3.8, 4) is 0 Å². The number of aliphatic hydroxyl groups excluding tert-OH is 1. The molecule has 17 heavy (non-hydrogen) atoms. The summed E-state index contributed by atoms with van der Waals surface area (Å²) in [5, 5.41) is 9.09. The predicted octanol–water partition coefficient (Wildman–Crippen LogP) is 1.89. The van der Waals surface area contributed by atoms with E-state index in [1.807, 2.05) is 0 Å². The lowest BCUT2D eigenvalue weighted by molar-refractivity contribution is -0.137. The number of hydrogen-bond donors (Lipinski definition) is 1. The summed E-state index contributed by atoms with van der Waals surface area (Å²) < 4.78 is 10.0. The van der Waals surface area contributed by atoms with Gasteiger partial charge in [-0.1, -0.05) is 13.0 Å². The summed E-state index contributed by atoms with van der Waals surface area (Å²) in [6.07, 6.45) is 4.38. The van der Waals surface area contributed by atoms with Gasteiger partial charge in [-0.3, -0.25) is 0 Å². The van der Waals surface area contributed by atoms with Crippen molar-refractivity contribution in [2.24, 2.45) is 0 Å². The van der Waals surface area contributed by atoms with Crippen LogP contribution < -0.4 is 0 Å². The number of esters is 1. The molecular weight excluding hydrogens is 244 g/mol. The molecular formula is C12H21ClO4. The standard InChI is InChI=1S/C12H21ClO4/c1-2-12(15)17-8-6-4-3-5-7-16-10-11(14)9-13/h2,11,14H,1,3-10H2. The van der Waals surface area contributed by atoms with E-state index in [0.29, 0.717) is 19.8 Å². The van der Waals surface area contributed by atoms with E-state index in [4.69, 9.17) is 26.2 Å². The van der Waals surface area contributed by atoms with Crippen molar-refractivity contribution in [3.05, 3.63) is 12.7 Å². The third-order valence-electron chi connectivity index (χ3n) is 2.08. The monoisotopic (exact) mass is 264 g/mol. The quantitative estimate of drug-likeness (QED) is 0.268. The largest absolute Gasteiger partial charge is 0.463 e. The van der Waals surface area contributed by atoms with Crippen molar-refractivity contribution in [1.29, 1.82) is 0 Å². The first-order chi connectivity index (χ1) is 8.20. The van der Waals surface area contributed by atoms with E-state index in [2.05, 4.69) is 6.58 Å². The fourth-order valence-corrected chi connectivity index (χ4v) is 1.24. The summed E-state index contributed by atoms with van der Waals surface area (Å²) in [4.78, 5) is 10.7. The first kappa shape index (κ1) is 16.4. The maximum absolute atomic E-state index is 10.7. The van der Waals surface area contributed by atoms with E-state index in [0.717, 1.165) is 31.8 Å². The second-order valence-corrected chi connectivity index (χ2v) is 3.98.